The van der Waals surface area contributed by atoms with Crippen LogP contribution >= 0.6 is 24.2 Å². The molecule has 0 radical (unpaired) electrons. The summed E-state index contributed by atoms with van der Waals surface area (Å²) in [7, 11) is 0. The topological polar surface area (TPSA) is 74.8 Å². The zero-order valence-corrected chi connectivity index (χ0v) is 10.9. The van der Waals surface area contributed by atoms with Gasteiger partial charge in [0.2, 0.25) is 11.9 Å². The Bertz CT molecular complexity index is 615. The summed E-state index contributed by atoms with van der Waals surface area (Å²) in [5.74, 6) is 1.23. The van der Waals surface area contributed by atoms with Crippen LogP contribution in [0.15, 0.2) is 6.20 Å². The van der Waals surface area contributed by atoms with E-state index in [4.69, 9.17) is 11.6 Å². The molecule has 0 aromatic carbocycles. The van der Waals surface area contributed by atoms with E-state index >= 15 is 0 Å². The normalized spacial score (nSPS) is 20.0. The standard InChI is InChI=1S/C10H10ClN5OS/c11-8-6-2-12-15-9(6)14-10(13-8)16-3-5(4-18)1-7(16)17/h2,5,18H,1,3-4H2,(H,12,13,14,15). The van der Waals surface area contributed by atoms with Gasteiger partial charge in [0.05, 0.1) is 11.6 Å². The minimum Gasteiger partial charge on any atom is -0.280 e. The number of anilines is 1. The summed E-state index contributed by atoms with van der Waals surface area (Å²) < 4.78 is 0. The van der Waals surface area contributed by atoms with Crippen LogP contribution in [0.2, 0.25) is 5.15 Å². The highest BCUT2D eigenvalue weighted by molar-refractivity contribution is 7.80. The SMILES string of the molecule is O=C1CC(CS)CN1c1nc(Cl)c2cn[nH]c2n1. The highest BCUT2D eigenvalue weighted by Gasteiger charge is 2.31. The largest absolute Gasteiger partial charge is 0.280 e. The summed E-state index contributed by atoms with van der Waals surface area (Å²) in [4.78, 5) is 21.8. The number of nitrogens with one attached hydrogen (secondary N) is 1. The van der Waals surface area contributed by atoms with E-state index in [0.29, 0.717) is 40.9 Å². The zero-order valence-electron chi connectivity index (χ0n) is 9.30. The van der Waals surface area contributed by atoms with E-state index < -0.39 is 0 Å². The number of amides is 1. The van der Waals surface area contributed by atoms with Gasteiger partial charge >= 0.3 is 0 Å². The molecule has 1 saturated heterocycles. The average Bonchev–Trinajstić information content (AvgIpc) is 2.95. The molecule has 0 bridgehead atoms. The molecule has 94 valence electrons. The number of carbonyl (C=O) groups is 1. The molecule has 1 aliphatic heterocycles. The van der Waals surface area contributed by atoms with Crippen LogP contribution in [0.3, 0.4) is 0 Å². The molecule has 1 fully saturated rings. The third-order valence-corrected chi connectivity index (χ3v) is 3.76. The molecular weight excluding hydrogens is 274 g/mol. The smallest absolute Gasteiger partial charge is 0.235 e. The van der Waals surface area contributed by atoms with Crippen molar-refractivity contribution in [3.05, 3.63) is 11.3 Å². The molecular formula is C10H10ClN5OS. The van der Waals surface area contributed by atoms with E-state index in [2.05, 4.69) is 32.8 Å². The number of H-pyrrole nitrogens is 1. The average molecular weight is 284 g/mol. The number of aromatic nitrogens is 4. The van der Waals surface area contributed by atoms with E-state index in [1.807, 2.05) is 0 Å². The molecule has 0 saturated carbocycles. The van der Waals surface area contributed by atoms with Gasteiger partial charge in [0.15, 0.2) is 5.65 Å². The van der Waals surface area contributed by atoms with Gasteiger partial charge in [-0.3, -0.25) is 14.8 Å². The first-order chi connectivity index (χ1) is 8.69. The number of nitrogens with zero attached hydrogens (tertiary/aromatic N) is 4. The molecule has 18 heavy (non-hydrogen) atoms. The molecule has 1 amide bonds. The third-order valence-electron chi connectivity index (χ3n) is 2.96. The lowest BCUT2D eigenvalue weighted by molar-refractivity contribution is -0.117. The fraction of sp³-hybridized carbons (Fsp3) is 0.400. The third kappa shape index (κ3) is 1.83. The van der Waals surface area contributed by atoms with Gasteiger partial charge < -0.3 is 0 Å². The number of fused-ring (bicyclic) bond motifs is 1. The Morgan fingerprint density at radius 2 is 2.39 bits per heavy atom. The van der Waals surface area contributed by atoms with E-state index in [1.54, 1.807) is 11.1 Å². The Labute approximate surface area is 113 Å². The quantitative estimate of drug-likeness (QED) is 0.643. The van der Waals surface area contributed by atoms with Gasteiger partial charge in [-0.25, -0.2) is 0 Å². The molecule has 8 heteroatoms. The van der Waals surface area contributed by atoms with E-state index in [1.165, 1.54) is 0 Å². The molecule has 2 aromatic heterocycles. The van der Waals surface area contributed by atoms with Crippen LogP contribution in [0.25, 0.3) is 11.0 Å². The number of thiol groups is 1. The Kier molecular flexibility index (Phi) is 2.87. The van der Waals surface area contributed by atoms with Crippen LogP contribution in [0, 0.1) is 5.92 Å². The highest BCUT2D eigenvalue weighted by atomic mass is 35.5. The summed E-state index contributed by atoms with van der Waals surface area (Å²) in [6.07, 6.45) is 2.04. The molecule has 0 aliphatic carbocycles. The van der Waals surface area contributed by atoms with Gasteiger partial charge in [-0.2, -0.15) is 27.7 Å². The van der Waals surface area contributed by atoms with Gasteiger partial charge in [-0.05, 0) is 11.7 Å². The Hall–Kier alpha value is -1.34. The summed E-state index contributed by atoms with van der Waals surface area (Å²) >= 11 is 10.3. The van der Waals surface area contributed by atoms with E-state index in [9.17, 15) is 4.79 Å². The second-order valence-electron chi connectivity index (χ2n) is 4.20. The van der Waals surface area contributed by atoms with Crippen molar-refractivity contribution in [2.24, 2.45) is 5.92 Å². The number of halogens is 1. The van der Waals surface area contributed by atoms with Crippen LogP contribution in [0.5, 0.6) is 0 Å². The minimum absolute atomic E-state index is 0.00369. The van der Waals surface area contributed by atoms with Gasteiger partial charge in [-0.15, -0.1) is 0 Å². The summed E-state index contributed by atoms with van der Waals surface area (Å²) in [5.41, 5.74) is 0.534. The van der Waals surface area contributed by atoms with Crippen LogP contribution in [-0.4, -0.2) is 38.4 Å². The maximum atomic E-state index is 11.9. The van der Waals surface area contributed by atoms with Crippen molar-refractivity contribution in [2.75, 3.05) is 17.2 Å². The Morgan fingerprint density at radius 1 is 1.56 bits per heavy atom. The van der Waals surface area contributed by atoms with E-state index in [-0.39, 0.29) is 11.8 Å². The molecule has 0 spiro atoms. The predicted octanol–water partition coefficient (Wildman–Crippen LogP) is 1.29. The van der Waals surface area contributed by atoms with Crippen LogP contribution in [-0.2, 0) is 4.79 Å². The van der Waals surface area contributed by atoms with Gasteiger partial charge in [0.25, 0.3) is 0 Å². The summed E-state index contributed by atoms with van der Waals surface area (Å²) in [5, 5.41) is 7.53. The first kappa shape index (κ1) is 11.7. The highest BCUT2D eigenvalue weighted by Crippen LogP contribution is 2.26. The van der Waals surface area contributed by atoms with Crippen molar-refractivity contribution in [3.8, 4) is 0 Å². The number of aromatic amines is 1. The molecule has 1 atom stereocenters. The molecule has 1 N–H and O–H groups in total. The molecule has 1 aliphatic rings. The van der Waals surface area contributed by atoms with Crippen molar-refractivity contribution in [1.82, 2.24) is 20.2 Å². The number of hydrogen-bond donors (Lipinski definition) is 2. The Balaban J connectivity index is 2.01. The monoisotopic (exact) mass is 283 g/mol. The zero-order chi connectivity index (χ0) is 12.7. The Morgan fingerprint density at radius 3 is 3.11 bits per heavy atom. The van der Waals surface area contributed by atoms with Gasteiger partial charge in [-0.1, -0.05) is 11.6 Å². The molecule has 3 rings (SSSR count). The van der Waals surface area contributed by atoms with Crippen molar-refractivity contribution in [1.29, 1.82) is 0 Å². The van der Waals surface area contributed by atoms with Crippen LogP contribution in [0.4, 0.5) is 5.95 Å². The number of carbonyl (C=O) groups excluding carboxylic acids is 1. The molecule has 3 heterocycles. The van der Waals surface area contributed by atoms with Crippen molar-refractivity contribution in [2.45, 2.75) is 6.42 Å². The fourth-order valence-electron chi connectivity index (χ4n) is 2.01. The molecule has 6 nitrogen and oxygen atoms in total. The molecule has 2 aromatic rings. The lowest BCUT2D eigenvalue weighted by atomic mass is 10.1. The van der Waals surface area contributed by atoms with Gasteiger partial charge in [0.1, 0.15) is 5.15 Å². The van der Waals surface area contributed by atoms with Crippen LogP contribution < -0.4 is 4.90 Å². The second kappa shape index (κ2) is 4.40. The maximum absolute atomic E-state index is 11.9. The second-order valence-corrected chi connectivity index (χ2v) is 4.93. The molecule has 1 unspecified atom stereocenters. The number of rotatable bonds is 2. The summed E-state index contributed by atoms with van der Waals surface area (Å²) in [6.45, 7) is 0.582. The van der Waals surface area contributed by atoms with Crippen molar-refractivity contribution >= 4 is 47.1 Å². The summed E-state index contributed by atoms with van der Waals surface area (Å²) in [6, 6.07) is 0. The lowest BCUT2D eigenvalue weighted by Crippen LogP contribution is -2.26. The van der Waals surface area contributed by atoms with Crippen molar-refractivity contribution < 1.29 is 4.79 Å². The minimum atomic E-state index is 0.00369. The number of hydrogen-bond acceptors (Lipinski definition) is 5. The van der Waals surface area contributed by atoms with Crippen molar-refractivity contribution in [3.63, 3.8) is 0 Å². The lowest BCUT2D eigenvalue weighted by Gasteiger charge is -2.14. The first-order valence-electron chi connectivity index (χ1n) is 5.47. The predicted molar refractivity (Wildman–Crippen MR) is 71.0 cm³/mol. The van der Waals surface area contributed by atoms with Gasteiger partial charge in [0, 0.05) is 13.0 Å². The van der Waals surface area contributed by atoms with E-state index in [0.717, 1.165) is 0 Å². The maximum Gasteiger partial charge on any atom is 0.235 e. The fourth-order valence-corrected chi connectivity index (χ4v) is 2.46. The first-order valence-corrected chi connectivity index (χ1v) is 6.48. The van der Waals surface area contributed by atoms with Crippen LogP contribution in [0.1, 0.15) is 6.42 Å².